The Labute approximate surface area is 97.2 Å². The van der Waals surface area contributed by atoms with Crippen LogP contribution < -0.4 is 10.1 Å². The molecule has 3 heteroatoms. The predicted molar refractivity (Wildman–Crippen MR) is 66.0 cm³/mol. The van der Waals surface area contributed by atoms with Crippen LogP contribution in [0.4, 0.5) is 5.82 Å². The number of nitrogens with zero attached hydrogens (tertiary/aromatic N) is 1. The molecule has 1 aliphatic carbocycles. The molecular formula is C13H20N2O. The Morgan fingerprint density at radius 1 is 1.25 bits per heavy atom. The molecule has 0 bridgehead atoms. The van der Waals surface area contributed by atoms with Gasteiger partial charge in [0, 0.05) is 11.7 Å². The van der Waals surface area contributed by atoms with Crippen molar-refractivity contribution in [1.82, 2.24) is 4.98 Å². The van der Waals surface area contributed by atoms with Crippen LogP contribution in [0.15, 0.2) is 12.1 Å². The maximum absolute atomic E-state index is 5.32. The molecule has 0 aromatic carbocycles. The number of hydrogen-bond donors (Lipinski definition) is 1. The number of nitrogens with one attached hydrogen (secondary N) is 1. The van der Waals surface area contributed by atoms with Crippen molar-refractivity contribution in [2.45, 2.75) is 45.1 Å². The van der Waals surface area contributed by atoms with Gasteiger partial charge in [0.05, 0.1) is 7.11 Å². The van der Waals surface area contributed by atoms with Crippen molar-refractivity contribution < 1.29 is 4.74 Å². The summed E-state index contributed by atoms with van der Waals surface area (Å²) in [7, 11) is 1.69. The van der Waals surface area contributed by atoms with Crippen molar-refractivity contribution in [2.24, 2.45) is 0 Å². The van der Waals surface area contributed by atoms with E-state index in [4.69, 9.17) is 4.74 Å². The summed E-state index contributed by atoms with van der Waals surface area (Å²) >= 11 is 0. The zero-order valence-electron chi connectivity index (χ0n) is 10.1. The van der Waals surface area contributed by atoms with Gasteiger partial charge in [-0.2, -0.15) is 0 Å². The Hall–Kier alpha value is -1.25. The summed E-state index contributed by atoms with van der Waals surface area (Å²) in [4.78, 5) is 4.50. The lowest BCUT2D eigenvalue weighted by Gasteiger charge is -2.24. The molecule has 1 aromatic heterocycles. The number of aryl methyl sites for hydroxylation is 1. The average molecular weight is 220 g/mol. The normalized spacial score (nSPS) is 17.1. The number of methoxy groups -OCH3 is 1. The highest BCUT2D eigenvalue weighted by Crippen LogP contribution is 2.26. The number of ether oxygens (including phenoxy) is 1. The Morgan fingerprint density at radius 2 is 2.00 bits per heavy atom. The Morgan fingerprint density at radius 3 is 2.69 bits per heavy atom. The number of rotatable bonds is 3. The van der Waals surface area contributed by atoms with E-state index in [-0.39, 0.29) is 0 Å². The van der Waals surface area contributed by atoms with Gasteiger partial charge in [0.15, 0.2) is 11.6 Å². The van der Waals surface area contributed by atoms with Crippen LogP contribution in [0.2, 0.25) is 0 Å². The highest BCUT2D eigenvalue weighted by molar-refractivity contribution is 5.51. The van der Waals surface area contributed by atoms with Gasteiger partial charge < -0.3 is 10.1 Å². The van der Waals surface area contributed by atoms with E-state index in [1.165, 1.54) is 32.1 Å². The summed E-state index contributed by atoms with van der Waals surface area (Å²) in [5.74, 6) is 1.74. The van der Waals surface area contributed by atoms with E-state index in [2.05, 4.69) is 10.3 Å². The van der Waals surface area contributed by atoms with Gasteiger partial charge in [0.1, 0.15) is 0 Å². The summed E-state index contributed by atoms with van der Waals surface area (Å²) in [6.07, 6.45) is 6.52. The van der Waals surface area contributed by atoms with E-state index in [9.17, 15) is 0 Å². The molecule has 3 nitrogen and oxygen atoms in total. The third kappa shape index (κ3) is 2.65. The first kappa shape index (κ1) is 11.2. The van der Waals surface area contributed by atoms with Gasteiger partial charge >= 0.3 is 0 Å². The van der Waals surface area contributed by atoms with Crippen LogP contribution in [0, 0.1) is 6.92 Å². The van der Waals surface area contributed by atoms with Crippen molar-refractivity contribution in [3.8, 4) is 5.75 Å². The third-order valence-corrected chi connectivity index (χ3v) is 3.16. The van der Waals surface area contributed by atoms with E-state index in [0.717, 1.165) is 17.3 Å². The van der Waals surface area contributed by atoms with Gasteiger partial charge in [0.25, 0.3) is 0 Å². The minimum Gasteiger partial charge on any atom is -0.493 e. The maximum Gasteiger partial charge on any atom is 0.169 e. The smallest absolute Gasteiger partial charge is 0.169 e. The minimum absolute atomic E-state index is 0.567. The van der Waals surface area contributed by atoms with Crippen LogP contribution in [-0.4, -0.2) is 18.1 Å². The predicted octanol–water partition coefficient (Wildman–Crippen LogP) is 3.14. The Balaban J connectivity index is 2.09. The zero-order valence-corrected chi connectivity index (χ0v) is 10.1. The first-order valence-electron chi connectivity index (χ1n) is 6.08. The lowest BCUT2D eigenvalue weighted by atomic mass is 9.95. The molecule has 0 unspecified atom stereocenters. The van der Waals surface area contributed by atoms with Gasteiger partial charge in [-0.05, 0) is 31.9 Å². The molecule has 2 rings (SSSR count). The standard InChI is InChI=1S/C13H20N2O/c1-10-8-9-12(16-2)13(14-10)15-11-6-4-3-5-7-11/h8-9,11H,3-7H2,1-2H3,(H,14,15). The highest BCUT2D eigenvalue weighted by atomic mass is 16.5. The molecule has 0 spiro atoms. The molecule has 1 saturated carbocycles. The number of hydrogen-bond acceptors (Lipinski definition) is 3. The van der Waals surface area contributed by atoms with Crippen molar-refractivity contribution in [3.05, 3.63) is 17.8 Å². The van der Waals surface area contributed by atoms with Gasteiger partial charge in [-0.1, -0.05) is 19.3 Å². The van der Waals surface area contributed by atoms with E-state index >= 15 is 0 Å². The lowest BCUT2D eigenvalue weighted by Crippen LogP contribution is -2.23. The van der Waals surface area contributed by atoms with Crippen LogP contribution >= 0.6 is 0 Å². The molecule has 16 heavy (non-hydrogen) atoms. The molecule has 0 aliphatic heterocycles. The molecule has 0 saturated heterocycles. The van der Waals surface area contributed by atoms with Crippen LogP contribution in [-0.2, 0) is 0 Å². The quantitative estimate of drug-likeness (QED) is 0.849. The minimum atomic E-state index is 0.567. The van der Waals surface area contributed by atoms with E-state index in [0.29, 0.717) is 6.04 Å². The van der Waals surface area contributed by atoms with E-state index in [1.54, 1.807) is 7.11 Å². The molecule has 1 aliphatic rings. The van der Waals surface area contributed by atoms with Crippen molar-refractivity contribution in [1.29, 1.82) is 0 Å². The third-order valence-electron chi connectivity index (χ3n) is 3.16. The number of anilines is 1. The number of pyridine rings is 1. The molecule has 1 heterocycles. The fourth-order valence-corrected chi connectivity index (χ4v) is 2.25. The Bertz CT molecular complexity index is 346. The lowest BCUT2D eigenvalue weighted by molar-refractivity contribution is 0.410. The molecule has 1 fully saturated rings. The molecule has 0 atom stereocenters. The summed E-state index contributed by atoms with van der Waals surface area (Å²) in [5, 5.41) is 3.51. The Kier molecular flexibility index (Phi) is 3.65. The fourth-order valence-electron chi connectivity index (χ4n) is 2.25. The van der Waals surface area contributed by atoms with Crippen molar-refractivity contribution in [3.63, 3.8) is 0 Å². The SMILES string of the molecule is COc1ccc(C)nc1NC1CCCCC1. The monoisotopic (exact) mass is 220 g/mol. The van der Waals surface area contributed by atoms with Crippen LogP contribution in [0.5, 0.6) is 5.75 Å². The van der Waals surface area contributed by atoms with Crippen LogP contribution in [0.25, 0.3) is 0 Å². The van der Waals surface area contributed by atoms with Crippen LogP contribution in [0.1, 0.15) is 37.8 Å². The molecule has 0 radical (unpaired) electrons. The topological polar surface area (TPSA) is 34.1 Å². The highest BCUT2D eigenvalue weighted by Gasteiger charge is 2.15. The first-order valence-corrected chi connectivity index (χ1v) is 6.08. The van der Waals surface area contributed by atoms with Gasteiger partial charge in [-0.15, -0.1) is 0 Å². The summed E-state index contributed by atoms with van der Waals surface area (Å²) in [6, 6.07) is 4.52. The second-order valence-corrected chi connectivity index (χ2v) is 4.48. The summed E-state index contributed by atoms with van der Waals surface area (Å²) in [5.41, 5.74) is 1.03. The van der Waals surface area contributed by atoms with Crippen molar-refractivity contribution >= 4 is 5.82 Å². The second-order valence-electron chi connectivity index (χ2n) is 4.48. The summed E-state index contributed by atoms with van der Waals surface area (Å²) < 4.78 is 5.32. The first-order chi connectivity index (χ1) is 7.79. The van der Waals surface area contributed by atoms with Gasteiger partial charge in [-0.25, -0.2) is 4.98 Å². The largest absolute Gasteiger partial charge is 0.493 e. The van der Waals surface area contributed by atoms with E-state index < -0.39 is 0 Å². The average Bonchev–Trinajstić information content (AvgIpc) is 2.31. The van der Waals surface area contributed by atoms with Crippen LogP contribution in [0.3, 0.4) is 0 Å². The fraction of sp³-hybridized carbons (Fsp3) is 0.615. The molecule has 1 N–H and O–H groups in total. The molecule has 88 valence electrons. The molecule has 1 aromatic rings. The van der Waals surface area contributed by atoms with Gasteiger partial charge in [0.2, 0.25) is 0 Å². The number of aromatic nitrogens is 1. The summed E-state index contributed by atoms with van der Waals surface area (Å²) in [6.45, 7) is 2.01. The zero-order chi connectivity index (χ0) is 11.4. The molecular weight excluding hydrogens is 200 g/mol. The molecule has 0 amide bonds. The maximum atomic E-state index is 5.32. The second kappa shape index (κ2) is 5.19. The van der Waals surface area contributed by atoms with Crippen molar-refractivity contribution in [2.75, 3.05) is 12.4 Å². The van der Waals surface area contributed by atoms with Gasteiger partial charge in [-0.3, -0.25) is 0 Å². The van der Waals surface area contributed by atoms with E-state index in [1.807, 2.05) is 19.1 Å².